The Kier molecular flexibility index (Phi) is 8.24. The number of aliphatic hydroxyl groups is 1. The Morgan fingerprint density at radius 2 is 1.82 bits per heavy atom. The number of H-pyrrole nitrogens is 1. The highest BCUT2D eigenvalue weighted by Gasteiger charge is 2.32. The number of aliphatic carboxylic acids is 1. The van der Waals surface area contributed by atoms with Gasteiger partial charge in [0.1, 0.15) is 12.1 Å². The summed E-state index contributed by atoms with van der Waals surface area (Å²) in [5.41, 5.74) is 1.59. The monoisotopic (exact) mass is 473 g/mol. The summed E-state index contributed by atoms with van der Waals surface area (Å²) in [6.07, 6.45) is 2.00. The van der Waals surface area contributed by atoms with Gasteiger partial charge in [-0.15, -0.1) is 0 Å². The predicted octanol–water partition coefficient (Wildman–Crippen LogP) is -0.598. The van der Waals surface area contributed by atoms with Gasteiger partial charge in [-0.25, -0.2) is 4.79 Å². The largest absolute Gasteiger partial charge is 0.480 e. The van der Waals surface area contributed by atoms with Gasteiger partial charge in [-0.2, -0.15) is 0 Å². The minimum absolute atomic E-state index is 0.0680. The van der Waals surface area contributed by atoms with E-state index in [1.807, 2.05) is 24.3 Å². The Hall–Kier alpha value is -3.44. The van der Waals surface area contributed by atoms with E-state index in [0.29, 0.717) is 6.42 Å². The van der Waals surface area contributed by atoms with Gasteiger partial charge in [-0.3, -0.25) is 14.4 Å². The summed E-state index contributed by atoms with van der Waals surface area (Å²) in [4.78, 5) is 52.8. The molecule has 0 radical (unpaired) electrons. The molecule has 7 N–H and O–H groups in total. The van der Waals surface area contributed by atoms with Crippen LogP contribution in [0.4, 0.5) is 0 Å². The third-order valence-corrected chi connectivity index (χ3v) is 5.91. The molecule has 1 fully saturated rings. The molecule has 1 aliphatic heterocycles. The maximum Gasteiger partial charge on any atom is 0.328 e. The zero-order valence-electron chi connectivity index (χ0n) is 19.1. The number of carboxylic acids is 1. The smallest absolute Gasteiger partial charge is 0.328 e. The number of rotatable bonds is 10. The summed E-state index contributed by atoms with van der Waals surface area (Å²) in [6.45, 7) is 3.50. The second kappa shape index (κ2) is 11.1. The van der Waals surface area contributed by atoms with Gasteiger partial charge in [0, 0.05) is 23.5 Å². The molecule has 1 aliphatic rings. The lowest BCUT2D eigenvalue weighted by Crippen LogP contribution is -2.58. The molecule has 11 nitrogen and oxygen atoms in total. The van der Waals surface area contributed by atoms with Crippen LogP contribution in [0.1, 0.15) is 32.3 Å². The highest BCUT2D eigenvalue weighted by molar-refractivity contribution is 5.94. The third kappa shape index (κ3) is 6.12. The molecule has 1 saturated heterocycles. The lowest BCUT2D eigenvalue weighted by atomic mass is 10.0. The Bertz CT molecular complexity index is 1050. The number of amides is 3. The minimum Gasteiger partial charge on any atom is -0.480 e. The van der Waals surface area contributed by atoms with E-state index in [9.17, 15) is 29.4 Å². The first kappa shape index (κ1) is 25.2. The van der Waals surface area contributed by atoms with Crippen molar-refractivity contribution in [1.29, 1.82) is 0 Å². The molecular formula is C23H31N5O6. The molecule has 1 aromatic carbocycles. The van der Waals surface area contributed by atoms with Crippen LogP contribution in [0, 0.1) is 0 Å². The number of carbonyl (C=O) groups excluding carboxylic acids is 3. The average Bonchev–Trinajstić information content (AvgIpc) is 3.47. The van der Waals surface area contributed by atoms with Crippen LogP contribution >= 0.6 is 0 Å². The first-order chi connectivity index (χ1) is 16.2. The molecule has 0 spiro atoms. The van der Waals surface area contributed by atoms with Crippen molar-refractivity contribution in [2.24, 2.45) is 0 Å². The molecule has 184 valence electrons. The highest BCUT2D eigenvalue weighted by Crippen LogP contribution is 2.19. The molecule has 34 heavy (non-hydrogen) atoms. The number of aliphatic hydroxyl groups excluding tert-OH is 1. The van der Waals surface area contributed by atoms with Crippen LogP contribution < -0.4 is 21.3 Å². The predicted molar refractivity (Wildman–Crippen MR) is 124 cm³/mol. The number of fused-ring (bicyclic) bond motifs is 1. The van der Waals surface area contributed by atoms with Gasteiger partial charge in [0.05, 0.1) is 12.1 Å². The minimum atomic E-state index is -1.54. The number of aromatic nitrogens is 1. The Morgan fingerprint density at radius 1 is 1.09 bits per heavy atom. The zero-order valence-corrected chi connectivity index (χ0v) is 19.1. The van der Waals surface area contributed by atoms with Crippen LogP contribution in [0.5, 0.6) is 0 Å². The van der Waals surface area contributed by atoms with Crippen molar-refractivity contribution in [3.05, 3.63) is 36.0 Å². The summed E-state index contributed by atoms with van der Waals surface area (Å²) in [5.74, 6) is -3.04. The highest BCUT2D eigenvalue weighted by atomic mass is 16.4. The van der Waals surface area contributed by atoms with Crippen LogP contribution in [0.3, 0.4) is 0 Å². The summed E-state index contributed by atoms with van der Waals surface area (Å²) < 4.78 is 0. The van der Waals surface area contributed by atoms with Crippen molar-refractivity contribution in [2.75, 3.05) is 6.54 Å². The van der Waals surface area contributed by atoms with E-state index in [2.05, 4.69) is 26.3 Å². The zero-order chi connectivity index (χ0) is 24.8. The van der Waals surface area contributed by atoms with Gasteiger partial charge >= 0.3 is 5.97 Å². The SMILES string of the molecule is CC(NC(=O)C1CCCN1)C(=O)NC(Cc1c[nH]c2ccccc12)C(=O)NC(C(=O)O)C(C)O. The van der Waals surface area contributed by atoms with E-state index in [1.165, 1.54) is 13.8 Å². The molecule has 1 aromatic heterocycles. The number of carboxylic acid groups (broad SMARTS) is 1. The van der Waals surface area contributed by atoms with Gasteiger partial charge in [0.25, 0.3) is 0 Å². The van der Waals surface area contributed by atoms with Crippen molar-refractivity contribution in [1.82, 2.24) is 26.3 Å². The van der Waals surface area contributed by atoms with E-state index in [-0.39, 0.29) is 18.4 Å². The molecular weight excluding hydrogens is 442 g/mol. The number of hydrogen-bond donors (Lipinski definition) is 7. The molecule has 5 unspecified atom stereocenters. The van der Waals surface area contributed by atoms with E-state index < -0.39 is 42.0 Å². The summed E-state index contributed by atoms with van der Waals surface area (Å²) in [6, 6.07) is 3.48. The van der Waals surface area contributed by atoms with Gasteiger partial charge < -0.3 is 36.5 Å². The molecule has 0 saturated carbocycles. The van der Waals surface area contributed by atoms with Crippen molar-refractivity contribution in [3.63, 3.8) is 0 Å². The van der Waals surface area contributed by atoms with Crippen molar-refractivity contribution in [3.8, 4) is 0 Å². The molecule has 2 heterocycles. The van der Waals surface area contributed by atoms with Crippen LogP contribution in [0.2, 0.25) is 0 Å². The fourth-order valence-electron chi connectivity index (χ4n) is 3.96. The van der Waals surface area contributed by atoms with Gasteiger partial charge in [0.2, 0.25) is 17.7 Å². The molecule has 3 rings (SSSR count). The first-order valence-corrected chi connectivity index (χ1v) is 11.3. The molecule has 2 aromatic rings. The molecule has 3 amide bonds. The van der Waals surface area contributed by atoms with E-state index in [4.69, 9.17) is 0 Å². The van der Waals surface area contributed by atoms with Crippen LogP contribution in [0.25, 0.3) is 10.9 Å². The fourth-order valence-corrected chi connectivity index (χ4v) is 3.96. The number of hydrogen-bond acceptors (Lipinski definition) is 6. The number of para-hydroxylation sites is 1. The average molecular weight is 474 g/mol. The number of benzene rings is 1. The summed E-state index contributed by atoms with van der Waals surface area (Å²) >= 11 is 0. The fraction of sp³-hybridized carbons (Fsp3) is 0.478. The molecule has 0 aliphatic carbocycles. The summed E-state index contributed by atoms with van der Waals surface area (Å²) in [7, 11) is 0. The van der Waals surface area contributed by atoms with E-state index in [1.54, 1.807) is 6.20 Å². The first-order valence-electron chi connectivity index (χ1n) is 11.3. The number of carbonyl (C=O) groups is 4. The molecule has 0 bridgehead atoms. The van der Waals surface area contributed by atoms with Gasteiger partial charge in [-0.1, -0.05) is 18.2 Å². The lowest BCUT2D eigenvalue weighted by molar-refractivity contribution is -0.145. The lowest BCUT2D eigenvalue weighted by Gasteiger charge is -2.24. The van der Waals surface area contributed by atoms with Crippen LogP contribution in [-0.4, -0.2) is 75.7 Å². The van der Waals surface area contributed by atoms with Gasteiger partial charge in [-0.05, 0) is 44.9 Å². The quantitative estimate of drug-likeness (QED) is 0.241. The van der Waals surface area contributed by atoms with E-state index >= 15 is 0 Å². The Labute approximate surface area is 196 Å². The Morgan fingerprint density at radius 3 is 2.47 bits per heavy atom. The van der Waals surface area contributed by atoms with Crippen LogP contribution in [-0.2, 0) is 25.6 Å². The second-order valence-electron chi connectivity index (χ2n) is 8.57. The summed E-state index contributed by atoms with van der Waals surface area (Å²) in [5, 5.41) is 30.5. The van der Waals surface area contributed by atoms with Crippen LogP contribution in [0.15, 0.2) is 30.5 Å². The van der Waals surface area contributed by atoms with Gasteiger partial charge in [0.15, 0.2) is 6.04 Å². The normalized spacial score (nSPS) is 19.1. The maximum atomic E-state index is 13.0. The number of aromatic amines is 1. The molecule has 11 heteroatoms. The maximum absolute atomic E-state index is 13.0. The van der Waals surface area contributed by atoms with Crippen molar-refractivity contribution >= 4 is 34.6 Å². The standard InChI is InChI=1S/C23H31N5O6/c1-12(26-21(31)17-8-5-9-24-17)20(30)27-18(22(32)28-19(13(2)29)23(33)34)10-14-11-25-16-7-4-3-6-15(14)16/h3-4,6-7,11-13,17-19,24-25,29H,5,8-10H2,1-2H3,(H,26,31)(H,27,30)(H,28,32)(H,33,34). The molecule has 5 atom stereocenters. The van der Waals surface area contributed by atoms with E-state index in [0.717, 1.165) is 29.4 Å². The number of nitrogens with one attached hydrogen (secondary N) is 5. The Balaban J connectivity index is 1.76. The second-order valence-corrected chi connectivity index (χ2v) is 8.57. The van der Waals surface area contributed by atoms with Crippen molar-refractivity contribution < 1.29 is 29.4 Å². The van der Waals surface area contributed by atoms with Crippen molar-refractivity contribution in [2.45, 2.75) is 63.4 Å². The topological polar surface area (TPSA) is 173 Å². The third-order valence-electron chi connectivity index (χ3n) is 5.91.